The van der Waals surface area contributed by atoms with Gasteiger partial charge in [-0.3, -0.25) is 4.79 Å². The number of anilines is 1. The van der Waals surface area contributed by atoms with E-state index in [4.69, 9.17) is 11.6 Å². The highest BCUT2D eigenvalue weighted by Crippen LogP contribution is 2.27. The summed E-state index contributed by atoms with van der Waals surface area (Å²) in [7, 11) is -3.50. The Hall–Kier alpha value is -1.54. The molecule has 2 N–H and O–H groups in total. The average molecular weight is 413 g/mol. The van der Waals surface area contributed by atoms with Crippen LogP contribution >= 0.6 is 23.4 Å². The first-order valence-electron chi connectivity index (χ1n) is 8.19. The van der Waals surface area contributed by atoms with E-state index in [1.807, 2.05) is 31.2 Å². The van der Waals surface area contributed by atoms with Crippen LogP contribution in [0.5, 0.6) is 0 Å². The predicted octanol–water partition coefficient (Wildman–Crippen LogP) is 4.15. The van der Waals surface area contributed by atoms with E-state index in [-0.39, 0.29) is 10.8 Å². The molecule has 140 valence electrons. The normalized spacial score (nSPS) is 11.3. The summed E-state index contributed by atoms with van der Waals surface area (Å²) in [5, 5.41) is 3.44. The van der Waals surface area contributed by atoms with Gasteiger partial charge in [-0.25, -0.2) is 13.1 Å². The van der Waals surface area contributed by atoms with Gasteiger partial charge in [-0.1, -0.05) is 30.7 Å². The van der Waals surface area contributed by atoms with Gasteiger partial charge in [-0.2, -0.15) is 0 Å². The van der Waals surface area contributed by atoms with Crippen LogP contribution < -0.4 is 10.0 Å². The molecule has 0 fully saturated rings. The van der Waals surface area contributed by atoms with Crippen molar-refractivity contribution in [2.75, 3.05) is 17.6 Å². The molecule has 0 aliphatic heterocycles. The number of rotatable bonds is 9. The summed E-state index contributed by atoms with van der Waals surface area (Å²) in [5.41, 5.74) is 0.562. The van der Waals surface area contributed by atoms with Crippen molar-refractivity contribution in [3.8, 4) is 0 Å². The van der Waals surface area contributed by atoms with Gasteiger partial charge in [0.2, 0.25) is 15.9 Å². The van der Waals surface area contributed by atoms with Crippen molar-refractivity contribution in [1.82, 2.24) is 4.72 Å². The number of halogens is 1. The van der Waals surface area contributed by atoms with E-state index >= 15 is 0 Å². The third-order valence-corrected chi connectivity index (χ3v) is 6.41. The molecule has 5 nitrogen and oxygen atoms in total. The van der Waals surface area contributed by atoms with Gasteiger partial charge >= 0.3 is 0 Å². The van der Waals surface area contributed by atoms with Crippen LogP contribution in [0.4, 0.5) is 5.69 Å². The van der Waals surface area contributed by atoms with Gasteiger partial charge in [0.15, 0.2) is 0 Å². The van der Waals surface area contributed by atoms with Crippen LogP contribution in [-0.4, -0.2) is 26.6 Å². The highest BCUT2D eigenvalue weighted by molar-refractivity contribution is 7.99. The van der Waals surface area contributed by atoms with Crippen molar-refractivity contribution in [3.63, 3.8) is 0 Å². The van der Waals surface area contributed by atoms with Crippen molar-refractivity contribution in [3.05, 3.63) is 53.6 Å². The topological polar surface area (TPSA) is 75.3 Å². The van der Waals surface area contributed by atoms with Gasteiger partial charge in [0, 0.05) is 29.3 Å². The Kier molecular flexibility index (Phi) is 7.96. The number of amides is 1. The molecule has 26 heavy (non-hydrogen) atoms. The minimum absolute atomic E-state index is 0.135. The Morgan fingerprint density at radius 3 is 2.46 bits per heavy atom. The molecule has 0 atom stereocenters. The molecule has 0 heterocycles. The van der Waals surface area contributed by atoms with E-state index in [0.717, 1.165) is 11.3 Å². The molecule has 8 heteroatoms. The molecule has 1 amide bonds. The largest absolute Gasteiger partial charge is 0.326 e. The van der Waals surface area contributed by atoms with Gasteiger partial charge < -0.3 is 5.32 Å². The van der Waals surface area contributed by atoms with Crippen LogP contribution in [-0.2, 0) is 14.8 Å². The predicted molar refractivity (Wildman–Crippen MR) is 107 cm³/mol. The van der Waals surface area contributed by atoms with Crippen molar-refractivity contribution in [2.24, 2.45) is 0 Å². The lowest BCUT2D eigenvalue weighted by Gasteiger charge is -2.08. The van der Waals surface area contributed by atoms with E-state index in [2.05, 4.69) is 10.0 Å². The van der Waals surface area contributed by atoms with Crippen LogP contribution in [0, 0.1) is 0 Å². The number of hydrogen-bond acceptors (Lipinski definition) is 4. The summed E-state index contributed by atoms with van der Waals surface area (Å²) < 4.78 is 26.5. The quantitative estimate of drug-likeness (QED) is 0.606. The van der Waals surface area contributed by atoms with Gasteiger partial charge in [-0.15, -0.1) is 11.8 Å². The number of benzene rings is 2. The summed E-state index contributed by atoms with van der Waals surface area (Å²) in [6.07, 6.45) is 1.05. The standard InChI is InChI=1S/C18H21ClN2O3S2/c1-2-12-20-26(23,24)15-9-7-14(8-10-15)21-18(22)11-13-25-17-6-4-3-5-16(17)19/h3-10,20H,2,11-13H2,1H3,(H,21,22). The second kappa shape index (κ2) is 9.97. The fraction of sp³-hybridized carbons (Fsp3) is 0.278. The first-order valence-corrected chi connectivity index (χ1v) is 11.0. The molecule has 0 unspecified atom stereocenters. The fourth-order valence-electron chi connectivity index (χ4n) is 2.08. The Labute approximate surface area is 163 Å². The minimum Gasteiger partial charge on any atom is -0.326 e. The second-order valence-corrected chi connectivity index (χ2v) is 8.81. The maximum Gasteiger partial charge on any atom is 0.240 e. The highest BCUT2D eigenvalue weighted by Gasteiger charge is 2.13. The Morgan fingerprint density at radius 2 is 1.81 bits per heavy atom. The Balaban J connectivity index is 1.84. The third-order valence-electron chi connectivity index (χ3n) is 3.41. The molecule has 2 aromatic rings. The zero-order valence-corrected chi connectivity index (χ0v) is 16.8. The zero-order valence-electron chi connectivity index (χ0n) is 14.4. The number of carbonyl (C=O) groups is 1. The smallest absolute Gasteiger partial charge is 0.240 e. The minimum atomic E-state index is -3.50. The van der Waals surface area contributed by atoms with Gasteiger partial charge in [0.1, 0.15) is 0 Å². The number of carbonyl (C=O) groups excluding carboxylic acids is 1. The average Bonchev–Trinajstić information content (AvgIpc) is 2.62. The molecule has 0 bridgehead atoms. The molecule has 0 radical (unpaired) electrons. The number of thioether (sulfide) groups is 1. The lowest BCUT2D eigenvalue weighted by atomic mass is 10.3. The van der Waals surface area contributed by atoms with Crippen molar-refractivity contribution < 1.29 is 13.2 Å². The first-order chi connectivity index (χ1) is 12.4. The molecule has 0 saturated heterocycles. The number of hydrogen-bond donors (Lipinski definition) is 2. The van der Waals surface area contributed by atoms with Gasteiger partial charge in [0.05, 0.1) is 9.92 Å². The van der Waals surface area contributed by atoms with Gasteiger partial charge in [-0.05, 0) is 42.8 Å². The highest BCUT2D eigenvalue weighted by atomic mass is 35.5. The SMILES string of the molecule is CCCNS(=O)(=O)c1ccc(NC(=O)CCSc2ccccc2Cl)cc1. The molecular formula is C18H21ClN2O3S2. The molecule has 2 aromatic carbocycles. The molecule has 0 aliphatic rings. The maximum atomic E-state index is 12.0. The van der Waals surface area contributed by atoms with E-state index in [1.165, 1.54) is 23.9 Å². The van der Waals surface area contributed by atoms with E-state index < -0.39 is 10.0 Å². The molecule has 0 saturated carbocycles. The molecule has 0 aromatic heterocycles. The number of nitrogens with one attached hydrogen (secondary N) is 2. The van der Waals surface area contributed by atoms with Crippen LogP contribution in [0.25, 0.3) is 0 Å². The third kappa shape index (κ3) is 6.32. The van der Waals surface area contributed by atoms with Crippen molar-refractivity contribution in [1.29, 1.82) is 0 Å². The van der Waals surface area contributed by atoms with Crippen LogP contribution in [0.1, 0.15) is 19.8 Å². The van der Waals surface area contributed by atoms with Gasteiger partial charge in [0.25, 0.3) is 0 Å². The Morgan fingerprint density at radius 1 is 1.12 bits per heavy atom. The summed E-state index contributed by atoms with van der Waals surface area (Å²) in [4.78, 5) is 13.1. The van der Waals surface area contributed by atoms with E-state index in [9.17, 15) is 13.2 Å². The van der Waals surface area contributed by atoms with Crippen LogP contribution in [0.2, 0.25) is 5.02 Å². The number of sulfonamides is 1. The first kappa shape index (κ1) is 20.8. The Bertz CT molecular complexity index is 840. The summed E-state index contributed by atoms with van der Waals surface area (Å²) in [5.74, 6) is 0.465. The fourth-order valence-corrected chi connectivity index (χ4v) is 4.40. The lowest BCUT2D eigenvalue weighted by Crippen LogP contribution is -2.24. The summed E-state index contributed by atoms with van der Waals surface area (Å²) in [6, 6.07) is 13.6. The van der Waals surface area contributed by atoms with Crippen LogP contribution in [0.3, 0.4) is 0 Å². The van der Waals surface area contributed by atoms with Crippen molar-refractivity contribution >= 4 is 45.0 Å². The van der Waals surface area contributed by atoms with Crippen molar-refractivity contribution in [2.45, 2.75) is 29.6 Å². The summed E-state index contributed by atoms with van der Waals surface area (Å²) >= 11 is 7.60. The second-order valence-electron chi connectivity index (χ2n) is 5.50. The lowest BCUT2D eigenvalue weighted by molar-refractivity contribution is -0.115. The van der Waals surface area contributed by atoms with E-state index in [0.29, 0.717) is 29.4 Å². The molecular weight excluding hydrogens is 392 g/mol. The summed E-state index contributed by atoms with van der Waals surface area (Å²) in [6.45, 7) is 2.29. The molecule has 0 aliphatic carbocycles. The molecule has 2 rings (SSSR count). The maximum absolute atomic E-state index is 12.0. The monoisotopic (exact) mass is 412 g/mol. The zero-order chi connectivity index (χ0) is 19.0. The molecule has 0 spiro atoms. The van der Waals surface area contributed by atoms with Crippen LogP contribution in [0.15, 0.2) is 58.3 Å². The van der Waals surface area contributed by atoms with E-state index in [1.54, 1.807) is 12.1 Å².